The average molecular weight is 346 g/mol. The van der Waals surface area contributed by atoms with Crippen LogP contribution in [0.1, 0.15) is 34.1 Å². The number of rotatable bonds is 6. The lowest BCUT2D eigenvalue weighted by atomic mass is 10.1. The van der Waals surface area contributed by atoms with Gasteiger partial charge in [0, 0.05) is 19.6 Å². The van der Waals surface area contributed by atoms with Crippen molar-refractivity contribution >= 4 is 12.1 Å². The number of hydrogen-bond acceptors (Lipinski definition) is 7. The highest BCUT2D eigenvalue weighted by molar-refractivity contribution is 5.69. The lowest BCUT2D eigenvalue weighted by Crippen LogP contribution is -2.53. The summed E-state index contributed by atoms with van der Waals surface area (Å²) < 4.78 is 15.3. The van der Waals surface area contributed by atoms with Crippen LogP contribution in [0.15, 0.2) is 0 Å². The number of alkyl carbamates (subject to hydrolysis) is 1. The number of amides is 1. The van der Waals surface area contributed by atoms with Gasteiger partial charge in [-0.3, -0.25) is 9.69 Å². The highest BCUT2D eigenvalue weighted by atomic mass is 16.6. The number of carbonyl (C=O) groups is 2. The summed E-state index contributed by atoms with van der Waals surface area (Å²) in [6.45, 7) is 9.06. The summed E-state index contributed by atoms with van der Waals surface area (Å²) in [5.74, 6) is -0.319. The van der Waals surface area contributed by atoms with E-state index >= 15 is 0 Å². The van der Waals surface area contributed by atoms with Crippen LogP contribution in [0.5, 0.6) is 0 Å². The summed E-state index contributed by atoms with van der Waals surface area (Å²) in [6.07, 6.45) is -0.625. The van der Waals surface area contributed by atoms with Crippen LogP contribution in [0.3, 0.4) is 0 Å². The second kappa shape index (κ2) is 8.64. The fourth-order valence-corrected chi connectivity index (χ4v) is 2.43. The molecule has 1 saturated heterocycles. The number of nitrogens with one attached hydrogen (secondary N) is 1. The van der Waals surface area contributed by atoms with Crippen molar-refractivity contribution in [1.82, 2.24) is 10.2 Å². The van der Waals surface area contributed by atoms with E-state index in [0.29, 0.717) is 26.2 Å². The quantitative estimate of drug-likeness (QED) is 0.677. The zero-order chi connectivity index (χ0) is 18.4. The molecule has 140 valence electrons. The number of carbonyl (C=O) groups excluding carboxylic acids is 2. The summed E-state index contributed by atoms with van der Waals surface area (Å²) in [5, 5.41) is 13.1. The summed E-state index contributed by atoms with van der Waals surface area (Å²) in [5.41, 5.74) is -1.70. The number of β-amino-alcohol motifs (C(OH)–C–C–N with tert-alkyl or cyclic N) is 1. The number of ether oxygens (including phenoxy) is 3. The Hall–Kier alpha value is -1.38. The molecule has 0 radical (unpaired) electrons. The van der Waals surface area contributed by atoms with Crippen LogP contribution in [0.2, 0.25) is 0 Å². The van der Waals surface area contributed by atoms with E-state index < -0.39 is 17.3 Å². The van der Waals surface area contributed by atoms with E-state index in [1.807, 2.05) is 4.90 Å². The van der Waals surface area contributed by atoms with Gasteiger partial charge < -0.3 is 24.6 Å². The van der Waals surface area contributed by atoms with Gasteiger partial charge >= 0.3 is 12.1 Å². The third-order valence-electron chi connectivity index (χ3n) is 3.42. The van der Waals surface area contributed by atoms with Gasteiger partial charge in [-0.25, -0.2) is 4.79 Å². The second-order valence-corrected chi connectivity index (χ2v) is 7.36. The molecule has 8 nitrogen and oxygen atoms in total. The molecule has 1 amide bonds. The van der Waals surface area contributed by atoms with Crippen molar-refractivity contribution in [2.75, 3.05) is 39.9 Å². The summed E-state index contributed by atoms with van der Waals surface area (Å²) in [6, 6.07) is 0. The van der Waals surface area contributed by atoms with E-state index in [0.717, 1.165) is 0 Å². The van der Waals surface area contributed by atoms with Gasteiger partial charge in [-0.1, -0.05) is 0 Å². The normalized spacial score (nSPS) is 21.7. The van der Waals surface area contributed by atoms with Crippen molar-refractivity contribution in [1.29, 1.82) is 0 Å². The Balaban J connectivity index is 2.42. The Bertz CT molecular complexity index is 433. The lowest BCUT2D eigenvalue weighted by molar-refractivity contribution is -0.146. The van der Waals surface area contributed by atoms with Gasteiger partial charge in [0.05, 0.1) is 38.4 Å². The largest absolute Gasteiger partial charge is 0.469 e. The van der Waals surface area contributed by atoms with Crippen LogP contribution in [0.4, 0.5) is 4.79 Å². The smallest absolute Gasteiger partial charge is 0.407 e. The van der Waals surface area contributed by atoms with Crippen LogP contribution >= 0.6 is 0 Å². The Morgan fingerprint density at radius 2 is 2.00 bits per heavy atom. The molecule has 1 aliphatic heterocycles. The van der Waals surface area contributed by atoms with Crippen LogP contribution in [-0.4, -0.2) is 79.3 Å². The molecule has 2 atom stereocenters. The minimum atomic E-state index is -1.12. The van der Waals surface area contributed by atoms with Gasteiger partial charge in [0.25, 0.3) is 0 Å². The maximum absolute atomic E-state index is 11.7. The lowest BCUT2D eigenvalue weighted by Gasteiger charge is -2.37. The first-order valence-electron chi connectivity index (χ1n) is 8.11. The molecule has 0 spiro atoms. The van der Waals surface area contributed by atoms with Crippen molar-refractivity contribution in [3.63, 3.8) is 0 Å². The Labute approximate surface area is 143 Å². The van der Waals surface area contributed by atoms with Crippen molar-refractivity contribution in [3.8, 4) is 0 Å². The maximum Gasteiger partial charge on any atom is 0.407 e. The molecule has 1 heterocycles. The molecule has 0 unspecified atom stereocenters. The van der Waals surface area contributed by atoms with Crippen molar-refractivity contribution in [2.24, 2.45) is 0 Å². The first-order valence-corrected chi connectivity index (χ1v) is 8.11. The molecule has 1 rings (SSSR count). The van der Waals surface area contributed by atoms with E-state index in [4.69, 9.17) is 9.47 Å². The molecule has 0 bridgehead atoms. The third-order valence-corrected chi connectivity index (χ3v) is 3.42. The molecule has 0 saturated carbocycles. The van der Waals surface area contributed by atoms with Crippen molar-refractivity contribution in [3.05, 3.63) is 0 Å². The predicted octanol–water partition coefficient (Wildman–Crippen LogP) is 0.526. The Kier molecular flexibility index (Phi) is 7.44. The van der Waals surface area contributed by atoms with E-state index in [1.54, 1.807) is 27.7 Å². The first-order chi connectivity index (χ1) is 11.0. The molecule has 1 aliphatic rings. The Morgan fingerprint density at radius 1 is 1.33 bits per heavy atom. The molecule has 0 aromatic heterocycles. The third kappa shape index (κ3) is 8.47. The predicted molar refractivity (Wildman–Crippen MR) is 87.7 cm³/mol. The zero-order valence-electron chi connectivity index (χ0n) is 15.3. The minimum Gasteiger partial charge on any atom is -0.469 e. The van der Waals surface area contributed by atoms with Crippen LogP contribution in [0.25, 0.3) is 0 Å². The summed E-state index contributed by atoms with van der Waals surface area (Å²) in [4.78, 5) is 25.0. The molecule has 2 N–H and O–H groups in total. The van der Waals surface area contributed by atoms with Crippen LogP contribution in [-0.2, 0) is 19.0 Å². The molecule has 8 heteroatoms. The summed E-state index contributed by atoms with van der Waals surface area (Å²) in [7, 11) is 1.34. The first kappa shape index (κ1) is 20.7. The van der Waals surface area contributed by atoms with E-state index in [-0.39, 0.29) is 25.0 Å². The van der Waals surface area contributed by atoms with Crippen molar-refractivity contribution < 1.29 is 28.9 Å². The number of morpholine rings is 1. The number of aliphatic hydroxyl groups is 1. The van der Waals surface area contributed by atoms with Crippen LogP contribution in [0, 0.1) is 0 Å². The molecule has 1 fully saturated rings. The van der Waals surface area contributed by atoms with E-state index in [1.165, 1.54) is 7.11 Å². The van der Waals surface area contributed by atoms with Crippen LogP contribution < -0.4 is 5.32 Å². The highest BCUT2D eigenvalue weighted by Gasteiger charge is 2.30. The SMILES string of the molecule is COC(=O)C[C@H]1CN(C[C@@](C)(O)CNC(=O)OC(C)(C)C)CCO1. The van der Waals surface area contributed by atoms with Gasteiger partial charge in [0.15, 0.2) is 0 Å². The molecule has 24 heavy (non-hydrogen) atoms. The van der Waals surface area contributed by atoms with Gasteiger partial charge in [-0.15, -0.1) is 0 Å². The van der Waals surface area contributed by atoms with Crippen molar-refractivity contribution in [2.45, 2.75) is 51.4 Å². The van der Waals surface area contributed by atoms with E-state index in [2.05, 4.69) is 10.1 Å². The molecular weight excluding hydrogens is 316 g/mol. The number of esters is 1. The fourth-order valence-electron chi connectivity index (χ4n) is 2.43. The summed E-state index contributed by atoms with van der Waals surface area (Å²) >= 11 is 0. The van der Waals surface area contributed by atoms with Gasteiger partial charge in [-0.2, -0.15) is 0 Å². The molecule has 0 aromatic rings. The van der Waals surface area contributed by atoms with Gasteiger partial charge in [0.1, 0.15) is 5.60 Å². The standard InChI is InChI=1S/C16H30N2O6/c1-15(2,3)24-14(20)17-10-16(4,21)11-18-6-7-23-12(9-18)8-13(19)22-5/h12,21H,6-11H2,1-5H3,(H,17,20)/t12-,16-/m0/s1. The molecule has 0 aromatic carbocycles. The number of hydrogen-bond donors (Lipinski definition) is 2. The van der Waals surface area contributed by atoms with E-state index in [9.17, 15) is 14.7 Å². The minimum absolute atomic E-state index is 0.0704. The van der Waals surface area contributed by atoms with Gasteiger partial charge in [-0.05, 0) is 27.7 Å². The maximum atomic E-state index is 11.7. The zero-order valence-corrected chi connectivity index (χ0v) is 15.3. The topological polar surface area (TPSA) is 97.3 Å². The highest BCUT2D eigenvalue weighted by Crippen LogP contribution is 2.14. The molecular formula is C16H30N2O6. The average Bonchev–Trinajstić information content (AvgIpc) is 2.43. The number of nitrogens with zero attached hydrogens (tertiary/aromatic N) is 1. The monoisotopic (exact) mass is 346 g/mol. The Morgan fingerprint density at radius 3 is 2.58 bits per heavy atom. The fraction of sp³-hybridized carbons (Fsp3) is 0.875. The molecule has 0 aliphatic carbocycles. The number of methoxy groups -OCH3 is 1. The van der Waals surface area contributed by atoms with Gasteiger partial charge in [0.2, 0.25) is 0 Å². The second-order valence-electron chi connectivity index (χ2n) is 7.36.